The van der Waals surface area contributed by atoms with E-state index in [1.807, 2.05) is 0 Å². The number of benzene rings is 1. The maximum absolute atomic E-state index is 13.7. The van der Waals surface area contributed by atoms with Crippen LogP contribution in [0.25, 0.3) is 0 Å². The largest absolute Gasteiger partial charge is 0.387 e. The fraction of sp³-hybridized carbons (Fsp3) is 0.364. The highest BCUT2D eigenvalue weighted by Crippen LogP contribution is 2.29. The van der Waals surface area contributed by atoms with E-state index in [1.165, 1.54) is 6.07 Å². The molecule has 0 saturated carbocycles. The Morgan fingerprint density at radius 3 is 3.12 bits per heavy atom. The minimum atomic E-state index is -0.211. The molecule has 0 saturated heterocycles. The SMILES string of the molecule is NC1=NC(c2cc(Br)ccc2F)CCSC1. The van der Waals surface area contributed by atoms with Crippen LogP contribution in [0.4, 0.5) is 4.39 Å². The molecule has 0 bridgehead atoms. The summed E-state index contributed by atoms with van der Waals surface area (Å²) >= 11 is 5.09. The zero-order valence-electron chi connectivity index (χ0n) is 8.62. The van der Waals surface area contributed by atoms with Crippen molar-refractivity contribution in [3.8, 4) is 0 Å². The molecule has 1 aromatic rings. The van der Waals surface area contributed by atoms with Gasteiger partial charge in [-0.05, 0) is 30.4 Å². The molecule has 2 nitrogen and oxygen atoms in total. The topological polar surface area (TPSA) is 38.4 Å². The molecular weight excluding hydrogens is 291 g/mol. The van der Waals surface area contributed by atoms with Gasteiger partial charge in [0.1, 0.15) is 11.7 Å². The highest BCUT2D eigenvalue weighted by atomic mass is 79.9. The fourth-order valence-corrected chi connectivity index (χ4v) is 2.87. The van der Waals surface area contributed by atoms with Crippen LogP contribution in [0.3, 0.4) is 0 Å². The van der Waals surface area contributed by atoms with Crippen LogP contribution in [0.15, 0.2) is 27.7 Å². The number of halogens is 2. The number of aliphatic imine (C=N–C) groups is 1. The lowest BCUT2D eigenvalue weighted by atomic mass is 10.0. The average molecular weight is 303 g/mol. The van der Waals surface area contributed by atoms with Gasteiger partial charge in [0.15, 0.2) is 0 Å². The molecule has 5 heteroatoms. The van der Waals surface area contributed by atoms with Gasteiger partial charge in [0.05, 0.1) is 11.8 Å². The van der Waals surface area contributed by atoms with Gasteiger partial charge < -0.3 is 5.73 Å². The lowest BCUT2D eigenvalue weighted by Crippen LogP contribution is -2.14. The summed E-state index contributed by atoms with van der Waals surface area (Å²) in [4.78, 5) is 4.36. The number of hydrogen-bond acceptors (Lipinski definition) is 3. The molecular formula is C11H12BrFN2S. The first-order valence-corrected chi connectivity index (χ1v) is 6.96. The van der Waals surface area contributed by atoms with Crippen molar-refractivity contribution >= 4 is 33.5 Å². The van der Waals surface area contributed by atoms with Gasteiger partial charge in [-0.3, -0.25) is 4.99 Å². The van der Waals surface area contributed by atoms with Crippen molar-refractivity contribution in [2.45, 2.75) is 12.5 Å². The molecule has 0 radical (unpaired) electrons. The first-order chi connectivity index (χ1) is 7.66. The van der Waals surface area contributed by atoms with Crippen molar-refractivity contribution in [3.05, 3.63) is 34.1 Å². The van der Waals surface area contributed by atoms with Gasteiger partial charge in [-0.15, -0.1) is 0 Å². The van der Waals surface area contributed by atoms with Crippen LogP contribution >= 0.6 is 27.7 Å². The highest BCUT2D eigenvalue weighted by molar-refractivity contribution is 9.10. The van der Waals surface area contributed by atoms with E-state index in [-0.39, 0.29) is 11.9 Å². The molecule has 1 aromatic carbocycles. The number of hydrogen-bond donors (Lipinski definition) is 1. The van der Waals surface area contributed by atoms with Gasteiger partial charge in [0.2, 0.25) is 0 Å². The molecule has 0 spiro atoms. The number of thioether (sulfide) groups is 1. The third kappa shape index (κ3) is 2.77. The van der Waals surface area contributed by atoms with E-state index < -0.39 is 0 Å². The molecule has 2 N–H and O–H groups in total. The summed E-state index contributed by atoms with van der Waals surface area (Å²) in [5.74, 6) is 2.09. The van der Waals surface area contributed by atoms with Crippen LogP contribution in [-0.2, 0) is 0 Å². The Kier molecular flexibility index (Phi) is 3.86. The van der Waals surface area contributed by atoms with Crippen molar-refractivity contribution in [2.24, 2.45) is 10.7 Å². The molecule has 16 heavy (non-hydrogen) atoms. The van der Waals surface area contributed by atoms with E-state index in [4.69, 9.17) is 5.73 Å². The smallest absolute Gasteiger partial charge is 0.128 e. The summed E-state index contributed by atoms with van der Waals surface area (Å²) in [6.07, 6.45) is 0.832. The molecule has 0 aliphatic carbocycles. The zero-order chi connectivity index (χ0) is 11.5. The van der Waals surface area contributed by atoms with Crippen molar-refractivity contribution in [2.75, 3.05) is 11.5 Å². The van der Waals surface area contributed by atoms with Crippen molar-refractivity contribution in [1.29, 1.82) is 0 Å². The van der Waals surface area contributed by atoms with Crippen LogP contribution in [0.2, 0.25) is 0 Å². The Hall–Kier alpha value is -0.550. The third-order valence-electron chi connectivity index (χ3n) is 2.42. The average Bonchev–Trinajstić information content (AvgIpc) is 2.46. The zero-order valence-corrected chi connectivity index (χ0v) is 11.0. The molecule has 0 fully saturated rings. The highest BCUT2D eigenvalue weighted by Gasteiger charge is 2.18. The summed E-state index contributed by atoms with van der Waals surface area (Å²) in [5, 5.41) is 0. The number of amidine groups is 1. The van der Waals surface area contributed by atoms with E-state index in [9.17, 15) is 4.39 Å². The van der Waals surface area contributed by atoms with Gasteiger partial charge in [-0.2, -0.15) is 11.8 Å². The quantitative estimate of drug-likeness (QED) is 0.865. The molecule has 0 aromatic heterocycles. The van der Waals surface area contributed by atoms with Crippen LogP contribution < -0.4 is 5.73 Å². The van der Waals surface area contributed by atoms with Gasteiger partial charge in [-0.25, -0.2) is 4.39 Å². The normalized spacial score (nSPS) is 21.4. The summed E-state index contributed by atoms with van der Waals surface area (Å²) in [6.45, 7) is 0. The van der Waals surface area contributed by atoms with Crippen LogP contribution in [0.1, 0.15) is 18.0 Å². The summed E-state index contributed by atoms with van der Waals surface area (Å²) in [7, 11) is 0. The lowest BCUT2D eigenvalue weighted by molar-refractivity contribution is 0.578. The van der Waals surface area contributed by atoms with Gasteiger partial charge in [-0.1, -0.05) is 15.9 Å². The second-order valence-electron chi connectivity index (χ2n) is 3.64. The molecule has 86 valence electrons. The second-order valence-corrected chi connectivity index (χ2v) is 5.66. The van der Waals surface area contributed by atoms with E-state index in [2.05, 4.69) is 20.9 Å². The van der Waals surface area contributed by atoms with Gasteiger partial charge >= 0.3 is 0 Å². The number of rotatable bonds is 1. The minimum absolute atomic E-state index is 0.146. The molecule has 0 amide bonds. The standard InChI is InChI=1S/C11H12BrFN2S/c12-7-1-2-9(13)8(5-7)10-3-4-16-6-11(14)15-10/h1-2,5,10H,3-4,6H2,(H2,14,15). The van der Waals surface area contributed by atoms with E-state index in [0.717, 1.165) is 22.4 Å². The minimum Gasteiger partial charge on any atom is -0.387 e. The fourth-order valence-electron chi connectivity index (χ4n) is 1.67. The Labute approximate surface area is 107 Å². The van der Waals surface area contributed by atoms with E-state index >= 15 is 0 Å². The van der Waals surface area contributed by atoms with Gasteiger partial charge in [0, 0.05) is 10.0 Å². The van der Waals surface area contributed by atoms with Crippen molar-refractivity contribution in [1.82, 2.24) is 0 Å². The van der Waals surface area contributed by atoms with Crippen LogP contribution in [0, 0.1) is 5.82 Å². The van der Waals surface area contributed by atoms with Crippen LogP contribution in [0.5, 0.6) is 0 Å². The molecule has 1 atom stereocenters. The predicted octanol–water partition coefficient (Wildman–Crippen LogP) is 3.12. The second kappa shape index (κ2) is 5.19. The third-order valence-corrected chi connectivity index (χ3v) is 3.94. The molecule has 1 aliphatic heterocycles. The van der Waals surface area contributed by atoms with E-state index in [0.29, 0.717) is 11.4 Å². The Morgan fingerprint density at radius 2 is 2.31 bits per heavy atom. The molecule has 1 aliphatic rings. The number of nitrogens with two attached hydrogens (primary N) is 1. The van der Waals surface area contributed by atoms with Gasteiger partial charge in [0.25, 0.3) is 0 Å². The Bertz CT molecular complexity index is 422. The molecule has 2 rings (SSSR count). The lowest BCUT2D eigenvalue weighted by Gasteiger charge is -2.12. The Morgan fingerprint density at radius 1 is 1.50 bits per heavy atom. The van der Waals surface area contributed by atoms with Crippen molar-refractivity contribution in [3.63, 3.8) is 0 Å². The van der Waals surface area contributed by atoms with E-state index in [1.54, 1.807) is 23.9 Å². The first-order valence-electron chi connectivity index (χ1n) is 5.01. The maximum atomic E-state index is 13.7. The monoisotopic (exact) mass is 302 g/mol. The molecule has 1 unspecified atom stereocenters. The predicted molar refractivity (Wildman–Crippen MR) is 70.4 cm³/mol. The first kappa shape index (κ1) is 11.9. The number of nitrogens with zero attached hydrogens (tertiary/aromatic N) is 1. The summed E-state index contributed by atoms with van der Waals surface area (Å²) in [6, 6.07) is 4.79. The van der Waals surface area contributed by atoms with Crippen LogP contribution in [-0.4, -0.2) is 17.3 Å². The Balaban J connectivity index is 2.34. The summed E-state index contributed by atoms with van der Waals surface area (Å²) < 4.78 is 14.5. The maximum Gasteiger partial charge on any atom is 0.128 e. The molecule has 1 heterocycles. The summed E-state index contributed by atoms with van der Waals surface area (Å²) in [5.41, 5.74) is 6.37. The van der Waals surface area contributed by atoms with Crippen molar-refractivity contribution < 1.29 is 4.39 Å².